The molecule has 0 N–H and O–H groups in total. The molecule has 0 saturated carbocycles. The van der Waals surface area contributed by atoms with Gasteiger partial charge in [0.25, 0.3) is 0 Å². The summed E-state index contributed by atoms with van der Waals surface area (Å²) in [4.78, 5) is 4.02. The Kier molecular flexibility index (Phi) is 3.83. The summed E-state index contributed by atoms with van der Waals surface area (Å²) in [6, 6.07) is 13.1. The third-order valence-corrected chi connectivity index (χ3v) is 5.23. The van der Waals surface area contributed by atoms with Crippen molar-refractivity contribution in [3.63, 3.8) is 0 Å². The predicted octanol–water partition coefficient (Wildman–Crippen LogP) is 4.50. The lowest BCUT2D eigenvalue weighted by Crippen LogP contribution is -2.19. The minimum atomic E-state index is 0.717. The Labute approximate surface area is 121 Å². The van der Waals surface area contributed by atoms with E-state index in [9.17, 15) is 0 Å². The molecule has 0 radical (unpaired) electrons. The summed E-state index contributed by atoms with van der Waals surface area (Å²) in [5.74, 6) is 0.717. The largest absolute Gasteiger partial charge is 0.298 e. The smallest absolute Gasteiger partial charge is 0.0328 e. The molecule has 1 aliphatic heterocycles. The molecule has 18 heavy (non-hydrogen) atoms. The zero-order valence-corrected chi connectivity index (χ0v) is 12.6. The fourth-order valence-electron chi connectivity index (χ4n) is 2.63. The average Bonchev–Trinajstić information content (AvgIpc) is 3.01. The van der Waals surface area contributed by atoms with Crippen molar-refractivity contribution in [3.05, 3.63) is 56.7 Å². The van der Waals surface area contributed by atoms with E-state index in [-0.39, 0.29) is 0 Å². The van der Waals surface area contributed by atoms with Crippen LogP contribution in [0.15, 0.2) is 46.3 Å². The summed E-state index contributed by atoms with van der Waals surface area (Å²) in [5, 5.41) is 2.17. The predicted molar refractivity (Wildman–Crippen MR) is 81.1 cm³/mol. The van der Waals surface area contributed by atoms with Gasteiger partial charge in [0.1, 0.15) is 0 Å². The van der Waals surface area contributed by atoms with Gasteiger partial charge in [-0.15, -0.1) is 11.3 Å². The Bertz CT molecular complexity index is 508. The number of rotatable bonds is 3. The standard InChI is InChI=1S/C15H16BrNS/c16-14-8-15(18-11-14)10-17-7-6-13(9-17)12-4-2-1-3-5-12/h1-5,8,11,13H,6-7,9-10H2. The molecule has 2 heterocycles. The number of hydrogen-bond donors (Lipinski definition) is 0. The Balaban J connectivity index is 1.62. The van der Waals surface area contributed by atoms with E-state index < -0.39 is 0 Å². The van der Waals surface area contributed by atoms with Crippen molar-refractivity contribution >= 4 is 27.3 Å². The maximum absolute atomic E-state index is 3.52. The summed E-state index contributed by atoms with van der Waals surface area (Å²) in [5.41, 5.74) is 1.49. The molecular formula is C15H16BrNS. The second-order valence-electron chi connectivity index (χ2n) is 4.86. The molecule has 0 amide bonds. The molecule has 1 aromatic carbocycles. The fraction of sp³-hybridized carbons (Fsp3) is 0.333. The topological polar surface area (TPSA) is 3.24 Å². The molecule has 0 spiro atoms. The van der Waals surface area contributed by atoms with Crippen molar-refractivity contribution in [3.8, 4) is 0 Å². The van der Waals surface area contributed by atoms with Crippen molar-refractivity contribution in [1.29, 1.82) is 0 Å². The van der Waals surface area contributed by atoms with E-state index in [1.165, 1.54) is 34.4 Å². The third-order valence-electron chi connectivity index (χ3n) is 3.54. The van der Waals surface area contributed by atoms with Gasteiger partial charge in [0.05, 0.1) is 0 Å². The second kappa shape index (κ2) is 5.55. The number of nitrogens with zero attached hydrogens (tertiary/aromatic N) is 1. The zero-order chi connectivity index (χ0) is 12.4. The highest BCUT2D eigenvalue weighted by atomic mass is 79.9. The minimum absolute atomic E-state index is 0.717. The first-order chi connectivity index (χ1) is 8.81. The van der Waals surface area contributed by atoms with E-state index in [1.54, 1.807) is 0 Å². The minimum Gasteiger partial charge on any atom is -0.298 e. The molecule has 1 fully saturated rings. The first-order valence-corrected chi connectivity index (χ1v) is 7.99. The van der Waals surface area contributed by atoms with Crippen molar-refractivity contribution in [1.82, 2.24) is 4.90 Å². The molecule has 2 aromatic rings. The number of halogens is 1. The van der Waals surface area contributed by atoms with Crippen LogP contribution in [-0.4, -0.2) is 18.0 Å². The fourth-order valence-corrected chi connectivity index (χ4v) is 4.12. The summed E-state index contributed by atoms with van der Waals surface area (Å²) < 4.78 is 1.21. The maximum atomic E-state index is 3.52. The molecule has 3 heteroatoms. The van der Waals surface area contributed by atoms with Gasteiger partial charge in [-0.05, 0) is 46.4 Å². The van der Waals surface area contributed by atoms with Crippen LogP contribution < -0.4 is 0 Å². The normalized spacial score (nSPS) is 20.4. The second-order valence-corrected chi connectivity index (χ2v) is 6.77. The van der Waals surface area contributed by atoms with Crippen LogP contribution in [0.1, 0.15) is 22.8 Å². The Morgan fingerprint density at radius 3 is 2.83 bits per heavy atom. The maximum Gasteiger partial charge on any atom is 0.0328 e. The summed E-state index contributed by atoms with van der Waals surface area (Å²) in [6.45, 7) is 3.51. The first-order valence-electron chi connectivity index (χ1n) is 6.31. The van der Waals surface area contributed by atoms with Gasteiger partial charge in [-0.25, -0.2) is 0 Å². The van der Waals surface area contributed by atoms with Crippen LogP contribution in [0.25, 0.3) is 0 Å². The van der Waals surface area contributed by atoms with Crippen LogP contribution in [0, 0.1) is 0 Å². The van der Waals surface area contributed by atoms with Crippen LogP contribution in [0.2, 0.25) is 0 Å². The third kappa shape index (κ3) is 2.85. The van der Waals surface area contributed by atoms with E-state index in [2.05, 4.69) is 62.6 Å². The molecule has 1 aromatic heterocycles. The van der Waals surface area contributed by atoms with Crippen LogP contribution in [0.5, 0.6) is 0 Å². The van der Waals surface area contributed by atoms with Gasteiger partial charge in [0.15, 0.2) is 0 Å². The van der Waals surface area contributed by atoms with Crippen molar-refractivity contribution in [2.75, 3.05) is 13.1 Å². The molecule has 0 bridgehead atoms. The number of benzene rings is 1. The lowest BCUT2D eigenvalue weighted by molar-refractivity contribution is 0.330. The number of thiophene rings is 1. The molecule has 1 aliphatic rings. The first kappa shape index (κ1) is 12.4. The van der Waals surface area contributed by atoms with Gasteiger partial charge in [-0.3, -0.25) is 4.90 Å². The van der Waals surface area contributed by atoms with Gasteiger partial charge in [-0.1, -0.05) is 30.3 Å². The highest BCUT2D eigenvalue weighted by Gasteiger charge is 2.23. The zero-order valence-electron chi connectivity index (χ0n) is 10.2. The molecule has 1 atom stereocenters. The Morgan fingerprint density at radius 2 is 2.11 bits per heavy atom. The summed E-state index contributed by atoms with van der Waals surface area (Å²) in [7, 11) is 0. The summed E-state index contributed by atoms with van der Waals surface area (Å²) in [6.07, 6.45) is 1.29. The van der Waals surface area contributed by atoms with E-state index in [0.29, 0.717) is 0 Å². The highest BCUT2D eigenvalue weighted by Crippen LogP contribution is 2.29. The van der Waals surface area contributed by atoms with E-state index in [0.717, 1.165) is 12.5 Å². The molecule has 1 unspecified atom stereocenters. The van der Waals surface area contributed by atoms with Crippen molar-refractivity contribution < 1.29 is 0 Å². The summed E-state index contributed by atoms with van der Waals surface area (Å²) >= 11 is 5.37. The van der Waals surface area contributed by atoms with Gasteiger partial charge < -0.3 is 0 Å². The molecule has 1 saturated heterocycles. The number of hydrogen-bond acceptors (Lipinski definition) is 2. The van der Waals surface area contributed by atoms with E-state index in [4.69, 9.17) is 0 Å². The van der Waals surface area contributed by atoms with Crippen molar-refractivity contribution in [2.45, 2.75) is 18.9 Å². The SMILES string of the molecule is Brc1csc(CN2CCC(c3ccccc3)C2)c1. The van der Waals surface area contributed by atoms with Crippen LogP contribution in [0.4, 0.5) is 0 Å². The lowest BCUT2D eigenvalue weighted by atomic mass is 9.99. The Morgan fingerprint density at radius 1 is 1.28 bits per heavy atom. The average molecular weight is 322 g/mol. The molecule has 1 nitrogen and oxygen atoms in total. The van der Waals surface area contributed by atoms with Gasteiger partial charge >= 0.3 is 0 Å². The van der Waals surface area contributed by atoms with E-state index in [1.807, 2.05) is 11.3 Å². The quantitative estimate of drug-likeness (QED) is 0.804. The Hall–Kier alpha value is -0.640. The van der Waals surface area contributed by atoms with Crippen LogP contribution in [-0.2, 0) is 6.54 Å². The van der Waals surface area contributed by atoms with Gasteiger partial charge in [0, 0.05) is 27.8 Å². The highest BCUT2D eigenvalue weighted by molar-refractivity contribution is 9.10. The van der Waals surface area contributed by atoms with E-state index >= 15 is 0 Å². The molecule has 94 valence electrons. The number of likely N-dealkylation sites (tertiary alicyclic amines) is 1. The molecular weight excluding hydrogens is 306 g/mol. The van der Waals surface area contributed by atoms with Crippen LogP contribution in [0.3, 0.4) is 0 Å². The monoisotopic (exact) mass is 321 g/mol. The van der Waals surface area contributed by atoms with Gasteiger partial charge in [-0.2, -0.15) is 0 Å². The lowest BCUT2D eigenvalue weighted by Gasteiger charge is -2.15. The molecule has 0 aliphatic carbocycles. The van der Waals surface area contributed by atoms with Crippen molar-refractivity contribution in [2.24, 2.45) is 0 Å². The molecule has 3 rings (SSSR count). The van der Waals surface area contributed by atoms with Gasteiger partial charge in [0.2, 0.25) is 0 Å². The van der Waals surface area contributed by atoms with Crippen LogP contribution >= 0.6 is 27.3 Å².